The van der Waals surface area contributed by atoms with Crippen LogP contribution in [-0.2, 0) is 32.5 Å². The molecule has 4 rings (SSSR count). The van der Waals surface area contributed by atoms with Gasteiger partial charge in [-0.25, -0.2) is 17.9 Å². The summed E-state index contributed by atoms with van der Waals surface area (Å²) >= 11 is 1.02. The first kappa shape index (κ1) is 23.2. The fourth-order valence-corrected chi connectivity index (χ4v) is 6.84. The molecule has 0 atom stereocenters. The van der Waals surface area contributed by atoms with Crippen LogP contribution in [0.15, 0.2) is 64.9 Å². The summed E-state index contributed by atoms with van der Waals surface area (Å²) < 4.78 is 32.2. The molecule has 2 aromatic carbocycles. The number of thiophene rings is 1. The molecule has 1 aromatic heterocycles. The Bertz CT molecular complexity index is 1230. The molecule has 33 heavy (non-hydrogen) atoms. The Morgan fingerprint density at radius 3 is 2.12 bits per heavy atom. The third-order valence-corrected chi connectivity index (χ3v) is 8.90. The van der Waals surface area contributed by atoms with Gasteiger partial charge < -0.3 is 9.64 Å². The van der Waals surface area contributed by atoms with E-state index in [1.807, 2.05) is 60.7 Å². The van der Waals surface area contributed by atoms with E-state index in [4.69, 9.17) is 4.74 Å². The zero-order chi connectivity index (χ0) is 23.6. The number of amides is 1. The van der Waals surface area contributed by atoms with Crippen molar-refractivity contribution in [3.63, 3.8) is 0 Å². The standard InChI is InChI=1S/C24H24N2O5S2/c1-25-33(29,30)24-21(23(28)31-2)18-13-14-26(15-19(18)32-24)22(27)20(16-9-5-3-6-10-16)17-11-7-4-8-12-17/h3-12,20,25H,13-15H2,1-2H3. The molecular formula is C24H24N2O5S2. The Balaban J connectivity index is 1.72. The van der Waals surface area contributed by atoms with E-state index < -0.39 is 21.9 Å². The maximum absolute atomic E-state index is 13.8. The minimum Gasteiger partial charge on any atom is -0.465 e. The van der Waals surface area contributed by atoms with Gasteiger partial charge >= 0.3 is 5.97 Å². The van der Waals surface area contributed by atoms with Gasteiger partial charge in [-0.2, -0.15) is 0 Å². The first-order valence-corrected chi connectivity index (χ1v) is 12.7. The van der Waals surface area contributed by atoms with Gasteiger partial charge in [0.05, 0.1) is 25.1 Å². The summed E-state index contributed by atoms with van der Waals surface area (Å²) in [5, 5.41) is 0. The smallest absolute Gasteiger partial charge is 0.340 e. The average Bonchev–Trinajstić information content (AvgIpc) is 3.25. The third-order valence-electron chi connectivity index (χ3n) is 5.75. The fourth-order valence-electron chi connectivity index (χ4n) is 4.11. The van der Waals surface area contributed by atoms with Crippen LogP contribution < -0.4 is 4.72 Å². The summed E-state index contributed by atoms with van der Waals surface area (Å²) in [4.78, 5) is 28.6. The van der Waals surface area contributed by atoms with E-state index in [0.717, 1.165) is 22.5 Å². The van der Waals surface area contributed by atoms with Crippen molar-refractivity contribution in [1.82, 2.24) is 9.62 Å². The number of sulfonamides is 1. The van der Waals surface area contributed by atoms with E-state index in [9.17, 15) is 18.0 Å². The molecule has 9 heteroatoms. The van der Waals surface area contributed by atoms with Crippen LogP contribution in [0.4, 0.5) is 0 Å². The van der Waals surface area contributed by atoms with Gasteiger partial charge in [-0.1, -0.05) is 60.7 Å². The highest BCUT2D eigenvalue weighted by Gasteiger charge is 2.36. The highest BCUT2D eigenvalue weighted by molar-refractivity contribution is 7.91. The van der Waals surface area contributed by atoms with Crippen molar-refractivity contribution in [2.24, 2.45) is 0 Å². The molecule has 3 aromatic rings. The third kappa shape index (κ3) is 4.44. The maximum Gasteiger partial charge on any atom is 0.340 e. The van der Waals surface area contributed by atoms with Crippen LogP contribution in [0.25, 0.3) is 0 Å². The Kier molecular flexibility index (Phi) is 6.64. The quantitative estimate of drug-likeness (QED) is 0.543. The van der Waals surface area contributed by atoms with Crippen molar-refractivity contribution >= 4 is 33.2 Å². The topological polar surface area (TPSA) is 92.8 Å². The zero-order valence-electron chi connectivity index (χ0n) is 18.3. The molecule has 0 fully saturated rings. The summed E-state index contributed by atoms with van der Waals surface area (Å²) in [6.07, 6.45) is 0.373. The van der Waals surface area contributed by atoms with Gasteiger partial charge in [0.1, 0.15) is 4.21 Å². The Morgan fingerprint density at radius 2 is 1.61 bits per heavy atom. The van der Waals surface area contributed by atoms with Gasteiger partial charge in [-0.15, -0.1) is 11.3 Å². The highest BCUT2D eigenvalue weighted by atomic mass is 32.2. The molecule has 0 aliphatic carbocycles. The van der Waals surface area contributed by atoms with Crippen molar-refractivity contribution in [3.05, 3.63) is 87.8 Å². The molecule has 0 bridgehead atoms. The van der Waals surface area contributed by atoms with Gasteiger partial charge in [-0.05, 0) is 30.2 Å². The summed E-state index contributed by atoms with van der Waals surface area (Å²) in [6.45, 7) is 0.611. The van der Waals surface area contributed by atoms with E-state index in [1.165, 1.54) is 14.2 Å². The maximum atomic E-state index is 13.8. The molecule has 7 nitrogen and oxygen atoms in total. The number of nitrogens with one attached hydrogen (secondary N) is 1. The van der Waals surface area contributed by atoms with E-state index in [-0.39, 0.29) is 22.2 Å². The molecule has 1 amide bonds. The predicted molar refractivity (Wildman–Crippen MR) is 126 cm³/mol. The molecule has 172 valence electrons. The molecule has 0 saturated heterocycles. The minimum atomic E-state index is -3.85. The van der Waals surface area contributed by atoms with Crippen LogP contribution in [0.3, 0.4) is 0 Å². The number of rotatable bonds is 6. The van der Waals surface area contributed by atoms with Gasteiger partial charge in [0.2, 0.25) is 5.91 Å². The van der Waals surface area contributed by atoms with Gasteiger partial charge in [-0.3, -0.25) is 4.79 Å². The predicted octanol–water partition coefficient (Wildman–Crippen LogP) is 3.16. The van der Waals surface area contributed by atoms with E-state index >= 15 is 0 Å². The lowest BCUT2D eigenvalue weighted by molar-refractivity contribution is -0.132. The van der Waals surface area contributed by atoms with Crippen molar-refractivity contribution in [3.8, 4) is 0 Å². The number of carbonyl (C=O) groups excluding carboxylic acids is 2. The van der Waals surface area contributed by atoms with Crippen molar-refractivity contribution in [2.45, 2.75) is 23.1 Å². The normalized spacial score (nSPS) is 13.6. The first-order valence-electron chi connectivity index (χ1n) is 10.4. The Hall–Kier alpha value is -3.01. The van der Waals surface area contributed by atoms with Crippen molar-refractivity contribution < 1.29 is 22.7 Å². The summed E-state index contributed by atoms with van der Waals surface area (Å²) in [5.41, 5.74) is 2.49. The highest BCUT2D eigenvalue weighted by Crippen LogP contribution is 2.38. The number of hydrogen-bond donors (Lipinski definition) is 1. The summed E-state index contributed by atoms with van der Waals surface area (Å²) in [5.74, 6) is -1.23. The number of esters is 1. The molecule has 0 spiro atoms. The first-order chi connectivity index (χ1) is 15.9. The molecule has 1 aliphatic rings. The number of methoxy groups -OCH3 is 1. The molecule has 0 radical (unpaired) electrons. The van der Waals surface area contributed by atoms with Gasteiger partial charge in [0.25, 0.3) is 10.0 Å². The molecule has 0 unspecified atom stereocenters. The van der Waals surface area contributed by atoms with E-state index in [1.54, 1.807) is 4.90 Å². The molecule has 1 aliphatic heterocycles. The largest absolute Gasteiger partial charge is 0.465 e. The number of carbonyl (C=O) groups is 2. The summed E-state index contributed by atoms with van der Waals surface area (Å²) in [6, 6.07) is 19.2. The van der Waals surface area contributed by atoms with Crippen molar-refractivity contribution in [2.75, 3.05) is 20.7 Å². The second kappa shape index (κ2) is 9.46. The lowest BCUT2D eigenvalue weighted by atomic mass is 9.89. The van der Waals surface area contributed by atoms with Gasteiger partial charge in [0, 0.05) is 11.4 Å². The van der Waals surface area contributed by atoms with Crippen molar-refractivity contribution in [1.29, 1.82) is 0 Å². The number of benzene rings is 2. The van der Waals surface area contributed by atoms with E-state index in [2.05, 4.69) is 4.72 Å². The SMILES string of the molecule is CNS(=O)(=O)c1sc2c(c1C(=O)OC)CCN(C(=O)C(c1ccccc1)c1ccccc1)C2. The monoisotopic (exact) mass is 484 g/mol. The van der Waals surface area contributed by atoms with Crippen LogP contribution in [0.5, 0.6) is 0 Å². The summed E-state index contributed by atoms with van der Waals surface area (Å²) in [7, 11) is -1.33. The average molecular weight is 485 g/mol. The second-order valence-electron chi connectivity index (χ2n) is 7.63. The number of fused-ring (bicyclic) bond motifs is 1. The van der Waals surface area contributed by atoms with Gasteiger partial charge in [0.15, 0.2) is 0 Å². The molecule has 2 heterocycles. The lowest BCUT2D eigenvalue weighted by Gasteiger charge is -2.31. The van der Waals surface area contributed by atoms with E-state index in [0.29, 0.717) is 23.4 Å². The Labute approximate surface area is 197 Å². The van der Waals surface area contributed by atoms with Crippen LogP contribution in [0, 0.1) is 0 Å². The fraction of sp³-hybridized carbons (Fsp3) is 0.250. The number of ether oxygens (including phenoxy) is 1. The number of nitrogens with zero attached hydrogens (tertiary/aromatic N) is 1. The second-order valence-corrected chi connectivity index (χ2v) is 10.8. The molecule has 0 saturated carbocycles. The Morgan fingerprint density at radius 1 is 1.03 bits per heavy atom. The lowest BCUT2D eigenvalue weighted by Crippen LogP contribution is -2.39. The molecular weight excluding hydrogens is 460 g/mol. The zero-order valence-corrected chi connectivity index (χ0v) is 19.9. The van der Waals surface area contributed by atoms with Crippen LogP contribution in [-0.4, -0.2) is 45.9 Å². The van der Waals surface area contributed by atoms with Crippen LogP contribution >= 0.6 is 11.3 Å². The minimum absolute atomic E-state index is 0.0657. The van der Waals surface area contributed by atoms with Crippen LogP contribution in [0.1, 0.15) is 37.8 Å². The molecule has 1 N–H and O–H groups in total. The van der Waals surface area contributed by atoms with Crippen LogP contribution in [0.2, 0.25) is 0 Å². The number of hydrogen-bond acceptors (Lipinski definition) is 6.